The van der Waals surface area contributed by atoms with Gasteiger partial charge < -0.3 is 0 Å². The summed E-state index contributed by atoms with van der Waals surface area (Å²) in [6.07, 6.45) is -2.09. The van der Waals surface area contributed by atoms with Crippen LogP contribution in [0.5, 0.6) is 0 Å². The van der Waals surface area contributed by atoms with E-state index in [2.05, 4.69) is 4.98 Å². The lowest BCUT2D eigenvalue weighted by molar-refractivity contribution is -0.137. The number of hydrogen-bond donors (Lipinski definition) is 0. The topological polar surface area (TPSA) is 12.9 Å². The number of pyridine rings is 1. The largest absolute Gasteiger partial charge is 0.417 e. The van der Waals surface area contributed by atoms with Crippen molar-refractivity contribution in [3.8, 4) is 11.1 Å². The second kappa shape index (κ2) is 4.20. The van der Waals surface area contributed by atoms with Gasteiger partial charge in [0.1, 0.15) is 0 Å². The van der Waals surface area contributed by atoms with Gasteiger partial charge in [0.05, 0.1) is 5.56 Å². The molecule has 4 heteroatoms. The molecule has 1 aromatic carbocycles. The van der Waals surface area contributed by atoms with E-state index in [1.165, 1.54) is 6.20 Å². The van der Waals surface area contributed by atoms with Crippen molar-refractivity contribution in [1.29, 1.82) is 0 Å². The molecule has 0 unspecified atom stereocenters. The van der Waals surface area contributed by atoms with E-state index in [9.17, 15) is 13.2 Å². The molecule has 0 N–H and O–H groups in total. The van der Waals surface area contributed by atoms with Gasteiger partial charge in [-0.15, -0.1) is 0 Å². The Hall–Kier alpha value is -1.84. The van der Waals surface area contributed by atoms with Gasteiger partial charge in [0.25, 0.3) is 0 Å². The summed E-state index contributed by atoms with van der Waals surface area (Å²) in [5.74, 6) is 0. The van der Waals surface area contributed by atoms with Crippen molar-refractivity contribution >= 4 is 0 Å². The SMILES string of the molecule is Cc1cccc(-c2cncc(C(F)(F)F)c2)c1. The number of halogens is 3. The molecule has 1 nitrogen and oxygen atoms in total. The van der Waals surface area contributed by atoms with Crippen LogP contribution in [0.2, 0.25) is 0 Å². The highest BCUT2D eigenvalue weighted by Gasteiger charge is 2.31. The molecular weight excluding hydrogens is 227 g/mol. The van der Waals surface area contributed by atoms with E-state index < -0.39 is 11.7 Å². The molecule has 2 rings (SSSR count). The molecule has 1 aromatic heterocycles. The van der Waals surface area contributed by atoms with Gasteiger partial charge >= 0.3 is 6.18 Å². The molecule has 0 spiro atoms. The molecule has 0 aliphatic rings. The van der Waals surface area contributed by atoms with Crippen molar-refractivity contribution in [2.24, 2.45) is 0 Å². The first-order valence-electron chi connectivity index (χ1n) is 5.06. The summed E-state index contributed by atoms with van der Waals surface area (Å²) < 4.78 is 37.6. The Kier molecular flexibility index (Phi) is 2.88. The summed E-state index contributed by atoms with van der Waals surface area (Å²) in [7, 11) is 0. The standard InChI is InChI=1S/C13H10F3N/c1-9-3-2-4-10(5-9)11-6-12(8-17-7-11)13(14,15)16/h2-8H,1H3. The van der Waals surface area contributed by atoms with Gasteiger partial charge in [-0.3, -0.25) is 4.98 Å². The number of nitrogens with zero attached hydrogens (tertiary/aromatic N) is 1. The molecule has 0 saturated carbocycles. The monoisotopic (exact) mass is 237 g/mol. The van der Waals surface area contributed by atoms with E-state index in [4.69, 9.17) is 0 Å². The van der Waals surface area contributed by atoms with Crippen LogP contribution in [0.1, 0.15) is 11.1 Å². The Balaban J connectivity index is 2.47. The van der Waals surface area contributed by atoms with E-state index in [1.807, 2.05) is 25.1 Å². The molecule has 0 bridgehead atoms. The highest BCUT2D eigenvalue weighted by Crippen LogP contribution is 2.31. The van der Waals surface area contributed by atoms with Crippen molar-refractivity contribution in [2.75, 3.05) is 0 Å². The molecule has 1 heterocycles. The zero-order valence-electron chi connectivity index (χ0n) is 9.12. The van der Waals surface area contributed by atoms with Crippen LogP contribution in [0.25, 0.3) is 11.1 Å². The zero-order chi connectivity index (χ0) is 12.5. The molecule has 0 aliphatic carbocycles. The smallest absolute Gasteiger partial charge is 0.263 e. The number of alkyl halides is 3. The number of rotatable bonds is 1. The Labute approximate surface area is 96.9 Å². The fourth-order valence-corrected chi connectivity index (χ4v) is 1.58. The summed E-state index contributed by atoms with van der Waals surface area (Å²) in [4.78, 5) is 3.64. The number of aromatic nitrogens is 1. The molecular formula is C13H10F3N. The fourth-order valence-electron chi connectivity index (χ4n) is 1.58. The van der Waals surface area contributed by atoms with Crippen molar-refractivity contribution in [2.45, 2.75) is 13.1 Å². The highest BCUT2D eigenvalue weighted by atomic mass is 19.4. The summed E-state index contributed by atoms with van der Waals surface area (Å²) in [5.41, 5.74) is 1.49. The quantitative estimate of drug-likeness (QED) is 0.728. The third kappa shape index (κ3) is 2.64. The average Bonchev–Trinajstić information content (AvgIpc) is 2.28. The zero-order valence-corrected chi connectivity index (χ0v) is 9.12. The molecule has 2 aromatic rings. The number of benzene rings is 1. The van der Waals surface area contributed by atoms with Gasteiger partial charge in [-0.05, 0) is 18.6 Å². The molecule has 0 radical (unpaired) electrons. The van der Waals surface area contributed by atoms with Crippen LogP contribution in [0.15, 0.2) is 42.7 Å². The lowest BCUT2D eigenvalue weighted by Gasteiger charge is -2.08. The van der Waals surface area contributed by atoms with Gasteiger partial charge in [0.2, 0.25) is 0 Å². The van der Waals surface area contributed by atoms with Gasteiger partial charge in [0, 0.05) is 18.0 Å². The van der Waals surface area contributed by atoms with E-state index >= 15 is 0 Å². The number of hydrogen-bond acceptors (Lipinski definition) is 1. The van der Waals surface area contributed by atoms with Crippen molar-refractivity contribution in [3.63, 3.8) is 0 Å². The fraction of sp³-hybridized carbons (Fsp3) is 0.154. The van der Waals surface area contributed by atoms with E-state index in [1.54, 1.807) is 6.07 Å². The third-order valence-corrected chi connectivity index (χ3v) is 2.42. The van der Waals surface area contributed by atoms with Gasteiger partial charge in [-0.25, -0.2) is 0 Å². The van der Waals surface area contributed by atoms with Crippen molar-refractivity contribution in [3.05, 3.63) is 53.9 Å². The Bertz CT molecular complexity index is 532. The molecule has 0 aliphatic heterocycles. The first kappa shape index (κ1) is 11.6. The number of aryl methyl sites for hydroxylation is 1. The predicted octanol–water partition coefficient (Wildman–Crippen LogP) is 4.08. The van der Waals surface area contributed by atoms with E-state index in [-0.39, 0.29) is 0 Å². The van der Waals surface area contributed by atoms with Crippen LogP contribution >= 0.6 is 0 Å². The molecule has 0 fully saturated rings. The lowest BCUT2D eigenvalue weighted by Crippen LogP contribution is -2.05. The van der Waals surface area contributed by atoms with Crippen molar-refractivity contribution in [1.82, 2.24) is 4.98 Å². The molecule has 17 heavy (non-hydrogen) atoms. The van der Waals surface area contributed by atoms with Gasteiger partial charge in [0.15, 0.2) is 0 Å². The first-order valence-corrected chi connectivity index (χ1v) is 5.06. The van der Waals surface area contributed by atoms with E-state index in [0.717, 1.165) is 23.4 Å². The summed E-state index contributed by atoms with van der Waals surface area (Å²) in [6, 6.07) is 8.42. The molecule has 88 valence electrons. The van der Waals surface area contributed by atoms with Crippen LogP contribution in [-0.4, -0.2) is 4.98 Å². The maximum Gasteiger partial charge on any atom is 0.417 e. The second-order valence-electron chi connectivity index (χ2n) is 3.83. The summed E-state index contributed by atoms with van der Waals surface area (Å²) in [6.45, 7) is 1.89. The van der Waals surface area contributed by atoms with Crippen LogP contribution < -0.4 is 0 Å². The van der Waals surface area contributed by atoms with Crippen LogP contribution in [0.3, 0.4) is 0 Å². The highest BCUT2D eigenvalue weighted by molar-refractivity contribution is 5.63. The maximum atomic E-state index is 12.5. The predicted molar refractivity (Wildman–Crippen MR) is 59.4 cm³/mol. The summed E-state index contributed by atoms with van der Waals surface area (Å²) >= 11 is 0. The minimum Gasteiger partial charge on any atom is -0.263 e. The summed E-state index contributed by atoms with van der Waals surface area (Å²) in [5, 5.41) is 0. The molecule has 0 amide bonds. The maximum absolute atomic E-state index is 12.5. The van der Waals surface area contributed by atoms with Gasteiger partial charge in [-0.2, -0.15) is 13.2 Å². The van der Waals surface area contributed by atoms with Crippen molar-refractivity contribution < 1.29 is 13.2 Å². The molecule has 0 atom stereocenters. The molecule has 0 saturated heterocycles. The van der Waals surface area contributed by atoms with Crippen LogP contribution in [-0.2, 0) is 6.18 Å². The second-order valence-corrected chi connectivity index (χ2v) is 3.83. The Morgan fingerprint density at radius 2 is 1.76 bits per heavy atom. The Morgan fingerprint density at radius 3 is 2.41 bits per heavy atom. The first-order chi connectivity index (χ1) is 7.97. The van der Waals surface area contributed by atoms with Gasteiger partial charge in [-0.1, -0.05) is 29.8 Å². The van der Waals surface area contributed by atoms with E-state index in [0.29, 0.717) is 5.56 Å². The minimum atomic E-state index is -4.35. The third-order valence-electron chi connectivity index (χ3n) is 2.42. The Morgan fingerprint density at radius 1 is 1.00 bits per heavy atom. The van der Waals surface area contributed by atoms with Crippen LogP contribution in [0.4, 0.5) is 13.2 Å². The normalized spacial score (nSPS) is 11.5. The van der Waals surface area contributed by atoms with Crippen LogP contribution in [0, 0.1) is 6.92 Å². The average molecular weight is 237 g/mol. The lowest BCUT2D eigenvalue weighted by atomic mass is 10.0. The minimum absolute atomic E-state index is 0.475.